The van der Waals surface area contributed by atoms with Crippen molar-refractivity contribution < 1.29 is 96.8 Å². The lowest BCUT2D eigenvalue weighted by atomic mass is 9.99. The largest absolute Gasteiger partial charge is 0.508 e. The summed E-state index contributed by atoms with van der Waals surface area (Å²) in [6.45, 7) is 7.71. The van der Waals surface area contributed by atoms with Crippen molar-refractivity contribution in [3.8, 4) is 5.75 Å². The average molecular weight is 1830 g/mol. The van der Waals surface area contributed by atoms with Crippen LogP contribution in [0.4, 0.5) is 0 Å². The van der Waals surface area contributed by atoms with Crippen LogP contribution in [-0.2, 0) is 101 Å². The molecule has 5 heterocycles. The second-order valence-electron chi connectivity index (χ2n) is 33.4. The van der Waals surface area contributed by atoms with Crippen LogP contribution < -0.4 is 70.0 Å². The molecule has 14 atom stereocenters. The van der Waals surface area contributed by atoms with Crippen LogP contribution in [0.3, 0.4) is 0 Å². The first-order chi connectivity index (χ1) is 61.9. The molecule has 0 aliphatic carbocycles. The topological polar surface area (TPSA) is 592 Å². The molecule has 16 amide bonds. The molecule has 41 heteroatoms. The van der Waals surface area contributed by atoms with Crippen LogP contribution in [0.15, 0.2) is 102 Å². The molecular weight excluding hydrogens is 1700 g/mol. The highest BCUT2D eigenvalue weighted by atomic mass is 32.2. The number of carbonyl (C=O) groups excluding carboxylic acids is 16. The molecule has 2 fully saturated rings. The van der Waals surface area contributed by atoms with Crippen molar-refractivity contribution in [3.63, 3.8) is 0 Å². The van der Waals surface area contributed by atoms with Crippen LogP contribution in [0.5, 0.6) is 5.75 Å². The number of nitrogens with zero attached hydrogens (tertiary/aromatic N) is 5. The molecule has 130 heavy (non-hydrogen) atoms. The summed E-state index contributed by atoms with van der Waals surface area (Å²) >= 11 is 0.756. The van der Waals surface area contributed by atoms with Crippen molar-refractivity contribution in [1.82, 2.24) is 88.1 Å². The van der Waals surface area contributed by atoms with Crippen LogP contribution >= 0.6 is 11.8 Å². The number of thioether (sulfide) groups is 1. The molecule has 8 rings (SSSR count). The molecule has 706 valence electrons. The Hall–Kier alpha value is -12.8. The predicted molar refractivity (Wildman–Crippen MR) is 482 cm³/mol. The van der Waals surface area contributed by atoms with Gasteiger partial charge in [-0.3, -0.25) is 86.5 Å². The first-order valence-corrected chi connectivity index (χ1v) is 45.0. The normalized spacial score (nSPS) is 24.7. The number of aliphatic imine (C=N–C) groups is 1. The molecule has 3 aromatic carbocycles. The SMILES string of the molecule is CCCC[C@H]1C(=O)N(C)[C@@H](CCCC)C(=O)N[C@@H](C)C(=O)N[C@H](C(=O)NCC(=O)O)CSCC(=O)N[C@@H](Cc2ccc(O)cc2)C(=O)N(C)[C@@H](C)C(=O)N[C@@H](CC(N)=O)C(=O)N2CCC[C@H]2C(=O)N[C@@H](CC2=CN=CC2)C(=O)N[C@@H](CC(C)C)C(=O)N[C@@H](CCCN)C(=O)N[C@@H](Cc2c[nH]c3ccccc23)C(=O)N[C@@H](CO)C(=O)N[C@@H](Cc2c[nH]c3ccccc23)C(=O)N1C. The minimum atomic E-state index is -1.86. The molecule has 5 aromatic rings. The van der Waals surface area contributed by atoms with Gasteiger partial charge in [-0.1, -0.05) is 102 Å². The zero-order valence-corrected chi connectivity index (χ0v) is 75.6. The Bertz CT molecular complexity index is 4940. The van der Waals surface area contributed by atoms with Crippen LogP contribution in [0.2, 0.25) is 0 Å². The zero-order chi connectivity index (χ0) is 95.2. The number of amides is 16. The number of aromatic hydroxyl groups is 1. The number of unbranched alkanes of at least 4 members (excludes halogenated alkanes) is 2. The smallest absolute Gasteiger partial charge is 0.322 e. The summed E-state index contributed by atoms with van der Waals surface area (Å²) < 4.78 is 0. The van der Waals surface area contributed by atoms with Crippen LogP contribution in [0.25, 0.3) is 21.8 Å². The molecule has 2 saturated heterocycles. The van der Waals surface area contributed by atoms with E-state index in [9.17, 15) is 63.3 Å². The van der Waals surface area contributed by atoms with E-state index in [0.29, 0.717) is 69.8 Å². The molecular formula is C89H124N20O20S. The number of aromatic amines is 2. The fourth-order valence-corrected chi connectivity index (χ4v) is 16.5. The summed E-state index contributed by atoms with van der Waals surface area (Å²) in [6, 6.07) is -1.52. The number of aliphatic hydroxyl groups excluding tert-OH is 1. The van der Waals surface area contributed by atoms with Gasteiger partial charge in [0.2, 0.25) is 94.5 Å². The average Bonchev–Trinajstić information content (AvgIpc) is 1.81. The number of aliphatic carboxylic acids is 1. The number of carbonyl (C=O) groups is 17. The van der Waals surface area contributed by atoms with Crippen LogP contribution in [0.1, 0.15) is 148 Å². The Labute approximate surface area is 757 Å². The fourth-order valence-electron chi connectivity index (χ4n) is 15.6. The van der Waals surface area contributed by atoms with E-state index in [2.05, 4.69) is 73.4 Å². The standard InChI is InChI=1S/C89H124N20O20S/c1-10-12-25-70-84(124)96-50(5)76(116)105-69(78(118)95-45-75(114)115)47-130-48-74(113)97-65(37-52-28-30-56(111)31-29-52)86(126)106(7)51(6)77(117)102-67(41-73(91)112)88(128)109-35-19-27-71(109)85(125)101-63(38-53-32-34-92-42-53)81(121)99-62(36-49(3)4)80(120)98-61(24-18-33-90)79(119)100-64(39-54-43-93-59-22-16-14-20-57(54)59)82(122)104-68(46-110)83(123)103-66(40-55-44-94-60-23-17-15-21-58(55)60)87(127)108(9)72(26-13-11-2)89(129)107(70)8/h14-17,20-23,28-31,34,42-44,49-51,61-72,93-94,110-111H,10-13,18-19,24-27,32-33,35-41,45-48,90H2,1-9H3,(H2,91,112)(H,95,118)(H,96,124)(H,97,113)(H,98,120)(H,99,121)(H,100,119)(H,101,125)(H,102,117)(H,103,123)(H,104,122)(H,105,116)(H,114,115)/t50-,51-,61-,62-,63-,64-,65-,66-,67-,68-,69-,70-,71-,72-/m0/s1. The number of hydrogen-bond acceptors (Lipinski definition) is 22. The zero-order valence-electron chi connectivity index (χ0n) is 74.7. The van der Waals surface area contributed by atoms with Gasteiger partial charge < -0.3 is 115 Å². The number of benzene rings is 3. The molecule has 2 aromatic heterocycles. The van der Waals surface area contributed by atoms with Crippen LogP contribution in [0, 0.1) is 5.92 Å². The third kappa shape index (κ3) is 29.1. The number of hydrogen-bond donors (Lipinski definition) is 18. The Morgan fingerprint density at radius 1 is 0.562 bits per heavy atom. The fraction of sp³-hybridized carbons (Fsp3) is 0.528. The number of primary amides is 1. The van der Waals surface area contributed by atoms with Gasteiger partial charge in [-0.05, 0) is 124 Å². The van der Waals surface area contributed by atoms with Crippen molar-refractivity contribution in [2.24, 2.45) is 22.4 Å². The van der Waals surface area contributed by atoms with Gasteiger partial charge in [0, 0.05) is 106 Å². The Balaban J connectivity index is 1.17. The summed E-state index contributed by atoms with van der Waals surface area (Å²) in [4.78, 5) is 262. The molecule has 3 aliphatic heterocycles. The van der Waals surface area contributed by atoms with Gasteiger partial charge in [-0.2, -0.15) is 0 Å². The second kappa shape index (κ2) is 49.7. The minimum Gasteiger partial charge on any atom is -0.508 e. The number of para-hydroxylation sites is 2. The molecule has 0 saturated carbocycles. The number of aromatic nitrogens is 2. The summed E-state index contributed by atoms with van der Waals surface area (Å²) in [5.74, 6) is -17.7. The molecule has 40 nitrogen and oxygen atoms in total. The number of aliphatic hydroxyl groups is 1. The minimum absolute atomic E-state index is 0.00993. The number of likely N-dealkylation sites (N-methyl/N-ethyl adjacent to an activating group) is 3. The number of phenolic OH excluding ortho intramolecular Hbond substituents is 1. The summed E-state index contributed by atoms with van der Waals surface area (Å²) in [5, 5.41) is 61.1. The Kier molecular flexibility index (Phi) is 39.2. The number of fused-ring (bicyclic) bond motifs is 3. The van der Waals surface area contributed by atoms with E-state index < -0.39 is 216 Å². The van der Waals surface area contributed by atoms with E-state index in [4.69, 9.17) is 11.5 Å². The number of H-pyrrole nitrogens is 2. The van der Waals surface area contributed by atoms with E-state index in [1.807, 2.05) is 13.8 Å². The van der Waals surface area contributed by atoms with Crippen molar-refractivity contribution in [1.29, 1.82) is 0 Å². The van der Waals surface area contributed by atoms with E-state index in [1.165, 1.54) is 65.5 Å². The number of carboxylic acids is 1. The van der Waals surface area contributed by atoms with Gasteiger partial charge in [0.1, 0.15) is 96.9 Å². The van der Waals surface area contributed by atoms with Crippen molar-refractivity contribution in [2.45, 2.75) is 235 Å². The maximum absolute atomic E-state index is 15.6. The van der Waals surface area contributed by atoms with Gasteiger partial charge in [-0.15, -0.1) is 11.8 Å². The Morgan fingerprint density at radius 3 is 1.68 bits per heavy atom. The van der Waals surface area contributed by atoms with Gasteiger partial charge in [-0.25, -0.2) is 0 Å². The monoisotopic (exact) mass is 1820 g/mol. The van der Waals surface area contributed by atoms with E-state index in [-0.39, 0.29) is 102 Å². The predicted octanol–water partition coefficient (Wildman–Crippen LogP) is -0.528. The maximum atomic E-state index is 15.6. The van der Waals surface area contributed by atoms with Gasteiger partial charge in [0.25, 0.3) is 0 Å². The van der Waals surface area contributed by atoms with Crippen molar-refractivity contribution in [2.75, 3.05) is 58.9 Å². The van der Waals surface area contributed by atoms with E-state index >= 15 is 33.6 Å². The molecule has 0 unspecified atom stereocenters. The van der Waals surface area contributed by atoms with Gasteiger partial charge >= 0.3 is 5.97 Å². The second-order valence-corrected chi connectivity index (χ2v) is 34.5. The lowest BCUT2D eigenvalue weighted by molar-refractivity contribution is -0.149. The summed E-state index contributed by atoms with van der Waals surface area (Å²) in [6.07, 6.45) is 6.76. The molecule has 20 N–H and O–H groups in total. The quantitative estimate of drug-likeness (QED) is 0.0349. The van der Waals surface area contributed by atoms with Crippen LogP contribution in [-0.4, -0.2) is 295 Å². The van der Waals surface area contributed by atoms with Crippen molar-refractivity contribution >= 4 is 140 Å². The van der Waals surface area contributed by atoms with Crippen molar-refractivity contribution in [3.05, 3.63) is 114 Å². The first kappa shape index (κ1) is 103. The van der Waals surface area contributed by atoms with E-state index in [0.717, 1.165) is 31.4 Å². The summed E-state index contributed by atoms with van der Waals surface area (Å²) in [7, 11) is 3.93. The molecule has 0 radical (unpaired) electrons. The number of carboxylic acid groups (broad SMARTS) is 1. The number of rotatable bonds is 25. The van der Waals surface area contributed by atoms with Gasteiger partial charge in [0.05, 0.1) is 18.8 Å². The van der Waals surface area contributed by atoms with E-state index in [1.54, 1.807) is 81.0 Å². The maximum Gasteiger partial charge on any atom is 0.322 e. The highest BCUT2D eigenvalue weighted by Gasteiger charge is 2.44. The highest BCUT2D eigenvalue weighted by molar-refractivity contribution is 8.00. The third-order valence-electron chi connectivity index (χ3n) is 23.1. The Morgan fingerprint density at radius 2 is 1.09 bits per heavy atom. The lowest BCUT2D eigenvalue weighted by Gasteiger charge is -2.36. The number of phenols is 1. The lowest BCUT2D eigenvalue weighted by Crippen LogP contribution is -2.62. The highest BCUT2D eigenvalue weighted by Crippen LogP contribution is 2.27. The molecule has 0 spiro atoms. The molecule has 0 bridgehead atoms. The third-order valence-corrected chi connectivity index (χ3v) is 24.2. The summed E-state index contributed by atoms with van der Waals surface area (Å²) in [5.41, 5.74) is 15.1. The first-order valence-electron chi connectivity index (χ1n) is 43.8. The number of nitrogens with one attached hydrogen (secondary N) is 13. The number of nitrogens with two attached hydrogens (primary N) is 2. The molecule has 3 aliphatic rings. The van der Waals surface area contributed by atoms with Gasteiger partial charge in [0.15, 0.2) is 0 Å².